The number of fused-ring (bicyclic) bond motifs is 1. The fraction of sp³-hybridized carbons (Fsp3) is 0.111. The van der Waals surface area contributed by atoms with Gasteiger partial charge in [0.15, 0.2) is 0 Å². The lowest BCUT2D eigenvalue weighted by Gasteiger charge is -2.17. The highest BCUT2D eigenvalue weighted by Crippen LogP contribution is 2.22. The van der Waals surface area contributed by atoms with Gasteiger partial charge in [0.2, 0.25) is 0 Å². The molecule has 0 saturated heterocycles. The molecule has 0 aromatic carbocycles. The molecule has 3 nitrogen and oxygen atoms in total. The molecular weight excluding hydrogens is 188 g/mol. The minimum atomic E-state index is -0.119. The maximum absolute atomic E-state index is 11.3. The Bertz CT molecular complexity index is 401. The van der Waals surface area contributed by atoms with Crippen molar-refractivity contribution in [3.63, 3.8) is 0 Å². The van der Waals surface area contributed by atoms with Gasteiger partial charge in [-0.3, -0.25) is 4.79 Å². The molecule has 66 valence electrons. The van der Waals surface area contributed by atoms with E-state index >= 15 is 0 Å². The van der Waals surface area contributed by atoms with Gasteiger partial charge < -0.3 is 5.32 Å². The molecule has 0 aliphatic carbocycles. The van der Waals surface area contributed by atoms with Gasteiger partial charge in [0.05, 0.1) is 5.56 Å². The van der Waals surface area contributed by atoms with Crippen LogP contribution in [0.1, 0.15) is 15.9 Å². The number of hydrogen-bond acceptors (Lipinski definition) is 2. The van der Waals surface area contributed by atoms with Gasteiger partial charge in [-0.25, -0.2) is 4.98 Å². The molecule has 0 unspecified atom stereocenters. The van der Waals surface area contributed by atoms with Crippen LogP contribution in [-0.2, 0) is 0 Å². The minimum absolute atomic E-state index is 0.119. The first-order valence-corrected chi connectivity index (χ1v) is 4.18. The van der Waals surface area contributed by atoms with Gasteiger partial charge in [-0.1, -0.05) is 18.2 Å². The maximum Gasteiger partial charge on any atom is 0.252 e. The van der Waals surface area contributed by atoms with E-state index in [4.69, 9.17) is 11.6 Å². The Labute approximate surface area is 80.4 Å². The Morgan fingerprint density at radius 2 is 2.31 bits per heavy atom. The van der Waals surface area contributed by atoms with E-state index in [1.54, 1.807) is 12.3 Å². The molecule has 0 bridgehead atoms. The van der Waals surface area contributed by atoms with Crippen molar-refractivity contribution in [2.75, 3.05) is 6.54 Å². The molecular formula is C9H7ClN2O. The van der Waals surface area contributed by atoms with E-state index in [0.29, 0.717) is 17.3 Å². The molecule has 1 aliphatic rings. The van der Waals surface area contributed by atoms with Gasteiger partial charge in [0.1, 0.15) is 5.15 Å². The molecule has 0 fully saturated rings. The zero-order valence-corrected chi connectivity index (χ0v) is 7.56. The van der Waals surface area contributed by atoms with E-state index in [1.165, 1.54) is 0 Å². The van der Waals surface area contributed by atoms with Crippen molar-refractivity contribution >= 4 is 23.1 Å². The van der Waals surface area contributed by atoms with Crippen LogP contribution in [0.25, 0.3) is 5.57 Å². The quantitative estimate of drug-likeness (QED) is 0.636. The predicted molar refractivity (Wildman–Crippen MR) is 50.6 cm³/mol. The Kier molecular flexibility index (Phi) is 1.81. The summed E-state index contributed by atoms with van der Waals surface area (Å²) >= 11 is 5.67. The highest BCUT2D eigenvalue weighted by atomic mass is 35.5. The summed E-state index contributed by atoms with van der Waals surface area (Å²) in [6, 6.07) is 1.55. The fourth-order valence-corrected chi connectivity index (χ4v) is 1.43. The number of carbonyl (C=O) groups is 1. The molecule has 2 rings (SSSR count). The number of rotatable bonds is 0. The molecule has 2 heterocycles. The van der Waals surface area contributed by atoms with Crippen LogP contribution in [0, 0.1) is 0 Å². The summed E-state index contributed by atoms with van der Waals surface area (Å²) < 4.78 is 0. The highest BCUT2D eigenvalue weighted by Gasteiger charge is 2.19. The first-order valence-electron chi connectivity index (χ1n) is 3.80. The Morgan fingerprint density at radius 3 is 3.08 bits per heavy atom. The Morgan fingerprint density at radius 1 is 1.54 bits per heavy atom. The molecule has 1 aromatic rings. The molecule has 1 aromatic heterocycles. The van der Waals surface area contributed by atoms with Crippen LogP contribution >= 0.6 is 11.6 Å². The summed E-state index contributed by atoms with van der Waals surface area (Å²) in [5.41, 5.74) is 2.20. The molecule has 1 amide bonds. The first kappa shape index (κ1) is 8.26. The van der Waals surface area contributed by atoms with Crippen LogP contribution in [0.2, 0.25) is 5.15 Å². The van der Waals surface area contributed by atoms with Gasteiger partial charge in [-0.2, -0.15) is 0 Å². The van der Waals surface area contributed by atoms with Crippen LogP contribution < -0.4 is 5.32 Å². The third kappa shape index (κ3) is 1.31. The fourth-order valence-electron chi connectivity index (χ4n) is 1.28. The van der Waals surface area contributed by atoms with Gasteiger partial charge >= 0.3 is 0 Å². The smallest absolute Gasteiger partial charge is 0.252 e. The van der Waals surface area contributed by atoms with Crippen molar-refractivity contribution in [3.8, 4) is 0 Å². The molecule has 1 aliphatic heterocycles. The summed E-state index contributed by atoms with van der Waals surface area (Å²) in [5, 5.41) is 3.01. The maximum atomic E-state index is 11.3. The van der Waals surface area contributed by atoms with Gasteiger partial charge in [-0.15, -0.1) is 0 Å². The van der Waals surface area contributed by atoms with Crippen molar-refractivity contribution < 1.29 is 4.79 Å². The lowest BCUT2D eigenvalue weighted by Crippen LogP contribution is -2.30. The van der Waals surface area contributed by atoms with E-state index in [-0.39, 0.29) is 5.91 Å². The third-order valence-corrected chi connectivity index (χ3v) is 2.17. The normalized spacial score (nSPS) is 15.2. The van der Waals surface area contributed by atoms with E-state index in [0.717, 1.165) is 11.1 Å². The molecule has 1 N–H and O–H groups in total. The van der Waals surface area contributed by atoms with Crippen LogP contribution in [0.3, 0.4) is 0 Å². The van der Waals surface area contributed by atoms with E-state index in [9.17, 15) is 4.79 Å². The Hall–Kier alpha value is -1.35. The number of nitrogens with one attached hydrogen (secondary N) is 1. The standard InChI is InChI=1S/C9H7ClN2O/c1-5-3-12-9(13)6-2-8(10)11-4-7(5)6/h2,4H,1,3H2,(H,12,13). The number of hydrogen-bond donors (Lipinski definition) is 1. The average Bonchev–Trinajstić information content (AvgIpc) is 2.12. The molecule has 0 saturated carbocycles. The zero-order chi connectivity index (χ0) is 9.42. The molecule has 0 radical (unpaired) electrons. The molecule has 13 heavy (non-hydrogen) atoms. The van der Waals surface area contributed by atoms with Crippen LogP contribution in [-0.4, -0.2) is 17.4 Å². The van der Waals surface area contributed by atoms with E-state index in [1.807, 2.05) is 0 Å². The zero-order valence-electron chi connectivity index (χ0n) is 6.80. The van der Waals surface area contributed by atoms with Crippen molar-refractivity contribution in [1.29, 1.82) is 0 Å². The topological polar surface area (TPSA) is 42.0 Å². The number of pyridine rings is 1. The van der Waals surface area contributed by atoms with Crippen LogP contribution in [0.4, 0.5) is 0 Å². The van der Waals surface area contributed by atoms with Crippen molar-refractivity contribution in [2.45, 2.75) is 0 Å². The number of aromatic nitrogens is 1. The average molecular weight is 195 g/mol. The van der Waals surface area contributed by atoms with Crippen molar-refractivity contribution in [3.05, 3.63) is 35.1 Å². The minimum Gasteiger partial charge on any atom is -0.348 e. The molecule has 0 spiro atoms. The highest BCUT2D eigenvalue weighted by molar-refractivity contribution is 6.29. The number of amides is 1. The predicted octanol–water partition coefficient (Wildman–Crippen LogP) is 1.49. The largest absolute Gasteiger partial charge is 0.348 e. The van der Waals surface area contributed by atoms with E-state index < -0.39 is 0 Å². The second kappa shape index (κ2) is 2.85. The Balaban J connectivity index is 2.63. The van der Waals surface area contributed by atoms with Crippen LogP contribution in [0.5, 0.6) is 0 Å². The lowest BCUT2D eigenvalue weighted by atomic mass is 9.99. The monoisotopic (exact) mass is 194 g/mol. The summed E-state index contributed by atoms with van der Waals surface area (Å²) in [7, 11) is 0. The van der Waals surface area contributed by atoms with Crippen molar-refractivity contribution in [1.82, 2.24) is 10.3 Å². The first-order chi connectivity index (χ1) is 6.18. The number of nitrogens with zero attached hydrogens (tertiary/aromatic N) is 1. The summed E-state index contributed by atoms with van der Waals surface area (Å²) in [4.78, 5) is 15.2. The SMILES string of the molecule is C=C1CNC(=O)c2cc(Cl)ncc21. The second-order valence-electron chi connectivity index (χ2n) is 2.84. The number of carbonyl (C=O) groups excluding carboxylic acids is 1. The van der Waals surface area contributed by atoms with E-state index in [2.05, 4.69) is 16.9 Å². The van der Waals surface area contributed by atoms with Crippen molar-refractivity contribution in [2.24, 2.45) is 0 Å². The summed E-state index contributed by atoms with van der Waals surface area (Å²) in [5.74, 6) is -0.119. The molecule has 4 heteroatoms. The second-order valence-corrected chi connectivity index (χ2v) is 3.23. The van der Waals surface area contributed by atoms with Crippen LogP contribution in [0.15, 0.2) is 18.8 Å². The van der Waals surface area contributed by atoms with Gasteiger partial charge in [0, 0.05) is 18.3 Å². The third-order valence-electron chi connectivity index (χ3n) is 1.96. The number of halogens is 1. The molecule has 0 atom stereocenters. The van der Waals surface area contributed by atoms with Gasteiger partial charge in [-0.05, 0) is 11.6 Å². The van der Waals surface area contributed by atoms with Gasteiger partial charge in [0.25, 0.3) is 5.91 Å². The summed E-state index contributed by atoms with van der Waals surface area (Å²) in [6.07, 6.45) is 1.58. The summed E-state index contributed by atoms with van der Waals surface area (Å²) in [6.45, 7) is 4.30. The lowest BCUT2D eigenvalue weighted by molar-refractivity contribution is 0.0955.